The van der Waals surface area contributed by atoms with Gasteiger partial charge < -0.3 is 14.6 Å². The van der Waals surface area contributed by atoms with Gasteiger partial charge in [0.25, 0.3) is 0 Å². The van der Waals surface area contributed by atoms with Gasteiger partial charge in [0.2, 0.25) is 5.28 Å². The van der Waals surface area contributed by atoms with Crippen LogP contribution in [0.5, 0.6) is 0 Å². The number of rotatable bonds is 8. The first-order chi connectivity index (χ1) is 9.76. The molecule has 0 aliphatic carbocycles. The van der Waals surface area contributed by atoms with Crippen molar-refractivity contribution in [1.29, 1.82) is 0 Å². The number of nitrogens with zero attached hydrogens (tertiary/aromatic N) is 4. The molecule has 0 atom stereocenters. The van der Waals surface area contributed by atoms with E-state index in [1.54, 1.807) is 13.4 Å². The third-order valence-corrected chi connectivity index (χ3v) is 3.18. The summed E-state index contributed by atoms with van der Waals surface area (Å²) in [6, 6.07) is 0. The van der Waals surface area contributed by atoms with Gasteiger partial charge in [0.1, 0.15) is 5.52 Å². The molecule has 1 N–H and O–H groups in total. The van der Waals surface area contributed by atoms with Crippen molar-refractivity contribution in [3.63, 3.8) is 0 Å². The number of hydrogen-bond acceptors (Lipinski definition) is 5. The van der Waals surface area contributed by atoms with E-state index in [0.29, 0.717) is 12.3 Å². The quantitative estimate of drug-likeness (QED) is 0.599. The summed E-state index contributed by atoms with van der Waals surface area (Å²) in [6.45, 7) is 4.55. The summed E-state index contributed by atoms with van der Waals surface area (Å²) in [4.78, 5) is 12.7. The van der Waals surface area contributed by atoms with Crippen LogP contribution in [0, 0.1) is 0 Å². The van der Waals surface area contributed by atoms with Gasteiger partial charge in [-0.1, -0.05) is 13.3 Å². The molecule has 2 aromatic rings. The van der Waals surface area contributed by atoms with Gasteiger partial charge in [-0.15, -0.1) is 0 Å². The largest absolute Gasteiger partial charge is 0.385 e. The van der Waals surface area contributed by atoms with Crippen molar-refractivity contribution < 1.29 is 4.74 Å². The van der Waals surface area contributed by atoms with E-state index < -0.39 is 0 Å². The molecule has 2 rings (SSSR count). The molecule has 0 radical (unpaired) electrons. The van der Waals surface area contributed by atoms with Gasteiger partial charge in [0.15, 0.2) is 11.5 Å². The zero-order valence-corrected chi connectivity index (χ0v) is 12.7. The number of aromatic nitrogens is 4. The minimum absolute atomic E-state index is 0.221. The van der Waals surface area contributed by atoms with E-state index in [1.165, 1.54) is 0 Å². The van der Waals surface area contributed by atoms with Crippen molar-refractivity contribution in [2.75, 3.05) is 25.6 Å². The highest BCUT2D eigenvalue weighted by Crippen LogP contribution is 2.21. The molecule has 0 bridgehead atoms. The molecule has 0 fully saturated rings. The molecular formula is C13H20ClN5O. The topological polar surface area (TPSA) is 64.9 Å². The lowest BCUT2D eigenvalue weighted by Crippen LogP contribution is -2.07. The molecule has 0 saturated heterocycles. The van der Waals surface area contributed by atoms with Crippen molar-refractivity contribution >= 4 is 28.6 Å². The lowest BCUT2D eigenvalue weighted by Gasteiger charge is -2.09. The molecule has 0 spiro atoms. The molecule has 20 heavy (non-hydrogen) atoms. The number of ether oxygens (including phenoxy) is 1. The Kier molecular flexibility index (Phi) is 5.55. The van der Waals surface area contributed by atoms with E-state index in [-0.39, 0.29) is 5.28 Å². The van der Waals surface area contributed by atoms with E-state index in [1.807, 2.05) is 4.57 Å². The molecule has 0 aliphatic heterocycles. The number of aryl methyl sites for hydroxylation is 1. The molecule has 2 aromatic heterocycles. The fourth-order valence-electron chi connectivity index (χ4n) is 2.01. The summed E-state index contributed by atoms with van der Waals surface area (Å²) in [7, 11) is 1.70. The molecule has 0 saturated carbocycles. The van der Waals surface area contributed by atoms with Crippen LogP contribution in [0.4, 0.5) is 5.82 Å². The second-order valence-corrected chi connectivity index (χ2v) is 4.92. The average molecular weight is 298 g/mol. The first kappa shape index (κ1) is 15.0. The first-order valence-corrected chi connectivity index (χ1v) is 7.25. The predicted octanol–water partition coefficient (Wildman–Crippen LogP) is 2.73. The molecule has 2 heterocycles. The first-order valence-electron chi connectivity index (χ1n) is 6.87. The summed E-state index contributed by atoms with van der Waals surface area (Å²) in [5.41, 5.74) is 1.53. The Morgan fingerprint density at radius 1 is 1.35 bits per heavy atom. The zero-order valence-electron chi connectivity index (χ0n) is 11.9. The van der Waals surface area contributed by atoms with Crippen LogP contribution in [0.15, 0.2) is 6.33 Å². The summed E-state index contributed by atoms with van der Waals surface area (Å²) in [5.74, 6) is 0.753. The average Bonchev–Trinajstić information content (AvgIpc) is 2.82. The Balaban J connectivity index is 2.25. The number of halogens is 1. The fourth-order valence-corrected chi connectivity index (χ4v) is 2.17. The summed E-state index contributed by atoms with van der Waals surface area (Å²) in [6.07, 6.45) is 4.90. The van der Waals surface area contributed by atoms with E-state index in [2.05, 4.69) is 27.2 Å². The van der Waals surface area contributed by atoms with E-state index in [9.17, 15) is 0 Å². The van der Waals surface area contributed by atoms with Crippen LogP contribution < -0.4 is 5.32 Å². The molecular weight excluding hydrogens is 278 g/mol. The third kappa shape index (κ3) is 3.58. The van der Waals surface area contributed by atoms with Gasteiger partial charge in [-0.2, -0.15) is 9.97 Å². The predicted molar refractivity (Wildman–Crippen MR) is 80.2 cm³/mol. The van der Waals surface area contributed by atoms with Gasteiger partial charge in [-0.25, -0.2) is 4.98 Å². The van der Waals surface area contributed by atoms with Gasteiger partial charge in [0.05, 0.1) is 6.33 Å². The number of hydrogen-bond donors (Lipinski definition) is 1. The molecule has 0 amide bonds. The van der Waals surface area contributed by atoms with Gasteiger partial charge in [-0.3, -0.25) is 0 Å². The lowest BCUT2D eigenvalue weighted by atomic mass is 10.3. The van der Waals surface area contributed by atoms with Crippen molar-refractivity contribution in [1.82, 2.24) is 19.5 Å². The van der Waals surface area contributed by atoms with Crippen molar-refractivity contribution in [3.8, 4) is 0 Å². The fraction of sp³-hybridized carbons (Fsp3) is 0.615. The lowest BCUT2D eigenvalue weighted by molar-refractivity contribution is 0.190. The maximum atomic E-state index is 5.94. The van der Waals surface area contributed by atoms with E-state index >= 15 is 0 Å². The van der Waals surface area contributed by atoms with Crippen LogP contribution in [0.1, 0.15) is 26.2 Å². The summed E-state index contributed by atoms with van der Waals surface area (Å²) >= 11 is 5.94. The minimum Gasteiger partial charge on any atom is -0.385 e. The van der Waals surface area contributed by atoms with E-state index in [4.69, 9.17) is 16.3 Å². The van der Waals surface area contributed by atoms with Crippen LogP contribution in [-0.2, 0) is 11.3 Å². The Morgan fingerprint density at radius 3 is 2.95 bits per heavy atom. The molecule has 110 valence electrons. The van der Waals surface area contributed by atoms with E-state index in [0.717, 1.165) is 43.7 Å². The SMILES string of the molecule is CCCCNc1nc(Cl)nc2ncn(CCCOC)c12. The van der Waals surface area contributed by atoms with Crippen LogP contribution in [0.25, 0.3) is 11.2 Å². The molecule has 0 aliphatic rings. The van der Waals surface area contributed by atoms with Gasteiger partial charge in [0, 0.05) is 26.8 Å². The monoisotopic (exact) mass is 297 g/mol. The molecule has 7 heteroatoms. The van der Waals surface area contributed by atoms with Crippen molar-refractivity contribution in [3.05, 3.63) is 11.6 Å². The highest BCUT2D eigenvalue weighted by atomic mass is 35.5. The summed E-state index contributed by atoms with van der Waals surface area (Å²) < 4.78 is 7.12. The van der Waals surface area contributed by atoms with Crippen molar-refractivity contribution in [2.45, 2.75) is 32.7 Å². The Labute approximate surface area is 123 Å². The summed E-state index contributed by atoms with van der Waals surface area (Å²) in [5, 5.41) is 3.54. The van der Waals surface area contributed by atoms with Crippen LogP contribution in [0.3, 0.4) is 0 Å². The minimum atomic E-state index is 0.221. The number of methoxy groups -OCH3 is 1. The third-order valence-electron chi connectivity index (χ3n) is 3.02. The second kappa shape index (κ2) is 7.40. The molecule has 0 aromatic carbocycles. The van der Waals surface area contributed by atoms with Crippen LogP contribution in [-0.4, -0.2) is 39.8 Å². The number of anilines is 1. The number of nitrogens with one attached hydrogen (secondary N) is 1. The molecule has 6 nitrogen and oxygen atoms in total. The zero-order chi connectivity index (χ0) is 14.4. The van der Waals surface area contributed by atoms with Crippen molar-refractivity contribution in [2.24, 2.45) is 0 Å². The second-order valence-electron chi connectivity index (χ2n) is 4.58. The number of unbranched alkanes of at least 4 members (excludes halogenated alkanes) is 1. The number of fused-ring (bicyclic) bond motifs is 1. The standard InChI is InChI=1S/C13H20ClN5O/c1-3-4-6-15-11-10-12(18-13(14)17-11)16-9-19(10)7-5-8-20-2/h9H,3-8H2,1-2H3,(H,15,17,18). The Bertz CT molecular complexity index is 557. The number of imidazole rings is 1. The highest BCUT2D eigenvalue weighted by molar-refractivity contribution is 6.28. The smallest absolute Gasteiger partial charge is 0.226 e. The maximum absolute atomic E-state index is 5.94. The Hall–Kier alpha value is -1.40. The van der Waals surface area contributed by atoms with Gasteiger partial charge in [-0.05, 0) is 24.4 Å². The Morgan fingerprint density at radius 2 is 2.20 bits per heavy atom. The normalized spacial score (nSPS) is 11.2. The maximum Gasteiger partial charge on any atom is 0.226 e. The highest BCUT2D eigenvalue weighted by Gasteiger charge is 2.12. The van der Waals surface area contributed by atoms with Gasteiger partial charge >= 0.3 is 0 Å². The van der Waals surface area contributed by atoms with Crippen LogP contribution in [0.2, 0.25) is 5.28 Å². The van der Waals surface area contributed by atoms with Crippen LogP contribution >= 0.6 is 11.6 Å². The molecule has 0 unspecified atom stereocenters.